The molecule has 0 fully saturated rings. The first-order chi connectivity index (χ1) is 9.27. The van der Waals surface area contributed by atoms with Gasteiger partial charge < -0.3 is 0 Å². The molecule has 0 bridgehead atoms. The minimum absolute atomic E-state index is 0.318. The van der Waals surface area contributed by atoms with Gasteiger partial charge in [-0.2, -0.15) is 4.31 Å². The van der Waals surface area contributed by atoms with E-state index in [1.54, 1.807) is 16.4 Å². The van der Waals surface area contributed by atoms with Crippen molar-refractivity contribution < 1.29 is 8.42 Å². The van der Waals surface area contributed by atoms with E-state index in [9.17, 15) is 8.42 Å². The maximum absolute atomic E-state index is 12.7. The third-order valence-corrected chi connectivity index (χ3v) is 4.95. The van der Waals surface area contributed by atoms with Crippen molar-refractivity contribution in [3.63, 3.8) is 0 Å². The van der Waals surface area contributed by atoms with Gasteiger partial charge in [-0.25, -0.2) is 8.42 Å². The highest BCUT2D eigenvalue weighted by molar-refractivity contribution is 7.89. The van der Waals surface area contributed by atoms with Gasteiger partial charge in [0.25, 0.3) is 0 Å². The van der Waals surface area contributed by atoms with Crippen LogP contribution in [0.2, 0.25) is 0 Å². The zero-order chi connectivity index (χ0) is 15.3. The number of hydrogen-bond acceptors (Lipinski definition) is 2. The Labute approximate surface area is 124 Å². The van der Waals surface area contributed by atoms with Crippen molar-refractivity contribution in [3.8, 4) is 0 Å². The summed E-state index contributed by atoms with van der Waals surface area (Å²) >= 11 is 0. The molecule has 4 heteroatoms. The van der Waals surface area contributed by atoms with Crippen LogP contribution in [0.25, 0.3) is 0 Å². The normalized spacial score (nSPS) is 12.6. The summed E-state index contributed by atoms with van der Waals surface area (Å²) in [5.41, 5.74) is 1.16. The van der Waals surface area contributed by atoms with Crippen LogP contribution in [0.4, 0.5) is 0 Å². The van der Waals surface area contributed by atoms with Gasteiger partial charge in [0.2, 0.25) is 10.0 Å². The van der Waals surface area contributed by atoms with Crippen LogP contribution in [0.1, 0.15) is 40.2 Å². The molecule has 0 N–H and O–H groups in total. The van der Waals surface area contributed by atoms with E-state index in [1.807, 2.05) is 39.8 Å². The van der Waals surface area contributed by atoms with Crippen LogP contribution in [0.15, 0.2) is 29.2 Å². The highest BCUT2D eigenvalue weighted by atomic mass is 32.2. The Morgan fingerprint density at radius 3 is 1.75 bits per heavy atom. The van der Waals surface area contributed by atoms with Crippen molar-refractivity contribution in [2.24, 2.45) is 11.8 Å². The molecule has 0 atom stereocenters. The predicted octanol–water partition coefficient (Wildman–Crippen LogP) is 3.55. The maximum Gasteiger partial charge on any atom is 0.243 e. The molecule has 0 aliphatic carbocycles. The molecule has 0 radical (unpaired) electrons. The Morgan fingerprint density at radius 2 is 1.40 bits per heavy atom. The zero-order valence-electron chi connectivity index (χ0n) is 13.3. The Morgan fingerprint density at radius 1 is 0.950 bits per heavy atom. The fourth-order valence-corrected chi connectivity index (χ4v) is 3.90. The summed E-state index contributed by atoms with van der Waals surface area (Å²) in [6.07, 6.45) is 0.919. The first-order valence-electron chi connectivity index (χ1n) is 7.36. The molecule has 0 aliphatic heterocycles. The van der Waals surface area contributed by atoms with E-state index in [2.05, 4.69) is 6.92 Å². The molecule has 0 saturated carbocycles. The summed E-state index contributed by atoms with van der Waals surface area (Å²) in [7, 11) is -3.38. The zero-order valence-corrected chi connectivity index (χ0v) is 14.1. The monoisotopic (exact) mass is 297 g/mol. The third-order valence-electron chi connectivity index (χ3n) is 3.11. The van der Waals surface area contributed by atoms with Crippen LogP contribution in [-0.2, 0) is 16.4 Å². The highest BCUT2D eigenvalue weighted by Crippen LogP contribution is 2.19. The summed E-state index contributed by atoms with van der Waals surface area (Å²) in [5.74, 6) is 0.636. The van der Waals surface area contributed by atoms with Crippen molar-refractivity contribution in [3.05, 3.63) is 29.8 Å². The van der Waals surface area contributed by atoms with Gasteiger partial charge in [0.05, 0.1) is 4.90 Å². The molecule has 114 valence electrons. The topological polar surface area (TPSA) is 37.4 Å². The van der Waals surface area contributed by atoms with Gasteiger partial charge in [-0.15, -0.1) is 0 Å². The van der Waals surface area contributed by atoms with Crippen LogP contribution in [0, 0.1) is 11.8 Å². The molecule has 20 heavy (non-hydrogen) atoms. The quantitative estimate of drug-likeness (QED) is 0.772. The van der Waals surface area contributed by atoms with E-state index in [1.165, 1.54) is 0 Å². The molecule has 0 amide bonds. The molecule has 0 saturated heterocycles. The molecule has 1 aromatic carbocycles. The second kappa shape index (κ2) is 7.23. The smallest absolute Gasteiger partial charge is 0.207 e. The fraction of sp³-hybridized carbons (Fsp3) is 0.625. The van der Waals surface area contributed by atoms with E-state index in [0.29, 0.717) is 29.8 Å². The molecule has 1 aromatic rings. The molecular formula is C16H27NO2S. The summed E-state index contributed by atoms with van der Waals surface area (Å²) in [6.45, 7) is 11.4. The van der Waals surface area contributed by atoms with Crippen molar-refractivity contribution in [2.75, 3.05) is 13.1 Å². The predicted molar refractivity (Wildman–Crippen MR) is 84.3 cm³/mol. The number of aryl methyl sites for hydroxylation is 1. The number of hydrogen-bond donors (Lipinski definition) is 0. The minimum atomic E-state index is -3.38. The molecule has 0 heterocycles. The van der Waals surface area contributed by atoms with Crippen LogP contribution < -0.4 is 0 Å². The van der Waals surface area contributed by atoms with Crippen LogP contribution in [-0.4, -0.2) is 25.8 Å². The van der Waals surface area contributed by atoms with Crippen LogP contribution in [0.5, 0.6) is 0 Å². The fourth-order valence-electron chi connectivity index (χ4n) is 2.13. The minimum Gasteiger partial charge on any atom is -0.207 e. The number of benzene rings is 1. The van der Waals surface area contributed by atoms with E-state index >= 15 is 0 Å². The average molecular weight is 297 g/mol. The lowest BCUT2D eigenvalue weighted by molar-refractivity contribution is 0.333. The van der Waals surface area contributed by atoms with Gasteiger partial charge in [-0.05, 0) is 36.0 Å². The summed E-state index contributed by atoms with van der Waals surface area (Å²) in [5, 5.41) is 0. The van der Waals surface area contributed by atoms with Crippen LogP contribution in [0.3, 0.4) is 0 Å². The number of rotatable bonds is 7. The van der Waals surface area contributed by atoms with Crippen molar-refractivity contribution >= 4 is 10.0 Å². The number of sulfonamides is 1. The Balaban J connectivity index is 3.07. The van der Waals surface area contributed by atoms with Gasteiger partial charge in [-0.3, -0.25) is 0 Å². The molecule has 1 rings (SSSR count). The van der Waals surface area contributed by atoms with Gasteiger partial charge >= 0.3 is 0 Å². The second-order valence-electron chi connectivity index (χ2n) is 6.11. The lowest BCUT2D eigenvalue weighted by Gasteiger charge is -2.25. The van der Waals surface area contributed by atoms with Gasteiger partial charge in [0, 0.05) is 13.1 Å². The summed E-state index contributed by atoms with van der Waals surface area (Å²) < 4.78 is 27.1. The largest absolute Gasteiger partial charge is 0.243 e. The van der Waals surface area contributed by atoms with Gasteiger partial charge in [-0.1, -0.05) is 46.8 Å². The molecular weight excluding hydrogens is 270 g/mol. The Kier molecular flexibility index (Phi) is 6.21. The molecule has 0 unspecified atom stereocenters. The van der Waals surface area contributed by atoms with E-state index in [-0.39, 0.29) is 0 Å². The first kappa shape index (κ1) is 17.2. The van der Waals surface area contributed by atoms with Crippen LogP contribution >= 0.6 is 0 Å². The molecule has 0 aliphatic rings. The van der Waals surface area contributed by atoms with Gasteiger partial charge in [0.1, 0.15) is 0 Å². The van der Waals surface area contributed by atoms with Gasteiger partial charge in [0.15, 0.2) is 0 Å². The standard InChI is InChI=1S/C16H27NO2S/c1-6-15-7-9-16(10-8-15)20(18,19)17(11-13(2)3)12-14(4)5/h7-10,13-14H,6,11-12H2,1-5H3. The highest BCUT2D eigenvalue weighted by Gasteiger charge is 2.25. The van der Waals surface area contributed by atoms with Crippen molar-refractivity contribution in [1.82, 2.24) is 4.31 Å². The Bertz CT molecular complexity index is 494. The molecule has 0 aromatic heterocycles. The second-order valence-corrected chi connectivity index (χ2v) is 8.05. The third kappa shape index (κ3) is 4.60. The summed E-state index contributed by atoms with van der Waals surface area (Å²) in [4.78, 5) is 0.399. The Hall–Kier alpha value is -0.870. The van der Waals surface area contributed by atoms with E-state index in [4.69, 9.17) is 0 Å². The maximum atomic E-state index is 12.7. The first-order valence-corrected chi connectivity index (χ1v) is 8.80. The average Bonchev–Trinajstić information content (AvgIpc) is 2.37. The molecule has 0 spiro atoms. The lowest BCUT2D eigenvalue weighted by Crippen LogP contribution is -2.37. The number of nitrogens with zero attached hydrogens (tertiary/aromatic N) is 1. The SMILES string of the molecule is CCc1ccc(S(=O)(=O)N(CC(C)C)CC(C)C)cc1. The van der Waals surface area contributed by atoms with E-state index in [0.717, 1.165) is 12.0 Å². The lowest BCUT2D eigenvalue weighted by atomic mass is 10.2. The van der Waals surface area contributed by atoms with Crippen molar-refractivity contribution in [2.45, 2.75) is 45.9 Å². The van der Waals surface area contributed by atoms with Crippen molar-refractivity contribution in [1.29, 1.82) is 0 Å². The summed E-state index contributed by atoms with van der Waals surface area (Å²) in [6, 6.07) is 7.25. The molecule has 3 nitrogen and oxygen atoms in total. The van der Waals surface area contributed by atoms with E-state index < -0.39 is 10.0 Å².